The van der Waals surface area contributed by atoms with Crippen LogP contribution in [0, 0.1) is 5.92 Å². The van der Waals surface area contributed by atoms with Gasteiger partial charge in [-0.05, 0) is 32.1 Å². The van der Waals surface area contributed by atoms with Crippen LogP contribution in [-0.2, 0) is 4.74 Å². The van der Waals surface area contributed by atoms with Crippen LogP contribution >= 0.6 is 0 Å². The van der Waals surface area contributed by atoms with Crippen molar-refractivity contribution in [1.82, 2.24) is 0 Å². The molecule has 0 aromatic rings. The van der Waals surface area contributed by atoms with E-state index in [2.05, 4.69) is 13.8 Å². The Balaban J connectivity index is 2.46. The van der Waals surface area contributed by atoms with Crippen molar-refractivity contribution in [3.8, 4) is 0 Å². The van der Waals surface area contributed by atoms with E-state index in [1.165, 1.54) is 32.1 Å². The van der Waals surface area contributed by atoms with Gasteiger partial charge in [-0.2, -0.15) is 0 Å². The Morgan fingerprint density at radius 2 is 1.86 bits per heavy atom. The van der Waals surface area contributed by atoms with E-state index in [0.29, 0.717) is 6.10 Å². The van der Waals surface area contributed by atoms with Crippen molar-refractivity contribution in [3.05, 3.63) is 0 Å². The van der Waals surface area contributed by atoms with Gasteiger partial charge in [0.2, 0.25) is 0 Å². The van der Waals surface area contributed by atoms with Crippen molar-refractivity contribution in [3.63, 3.8) is 0 Å². The number of rotatable bonds is 5. The lowest BCUT2D eigenvalue weighted by Gasteiger charge is -2.33. The summed E-state index contributed by atoms with van der Waals surface area (Å²) in [5.41, 5.74) is 6.11. The molecule has 0 spiro atoms. The molecule has 0 aromatic heterocycles. The molecule has 0 bridgehead atoms. The van der Waals surface area contributed by atoms with Crippen LogP contribution in [0.1, 0.15) is 52.4 Å². The molecule has 0 amide bonds. The van der Waals surface area contributed by atoms with E-state index in [1.807, 2.05) is 0 Å². The van der Waals surface area contributed by atoms with E-state index < -0.39 is 0 Å². The van der Waals surface area contributed by atoms with Crippen molar-refractivity contribution in [1.29, 1.82) is 0 Å². The Kier molecular flexibility index (Phi) is 5.49. The Hall–Kier alpha value is -0.0800. The SMILES string of the molecule is CCOC(C1CCCCC1)[C@H](N)CC. The molecule has 2 atom stereocenters. The average molecular weight is 199 g/mol. The molecule has 1 unspecified atom stereocenters. The molecule has 1 fully saturated rings. The number of hydrogen-bond donors (Lipinski definition) is 1. The molecule has 14 heavy (non-hydrogen) atoms. The highest BCUT2D eigenvalue weighted by atomic mass is 16.5. The third kappa shape index (κ3) is 3.25. The second kappa shape index (κ2) is 6.41. The van der Waals surface area contributed by atoms with Crippen molar-refractivity contribution < 1.29 is 4.74 Å². The summed E-state index contributed by atoms with van der Waals surface area (Å²) in [7, 11) is 0. The minimum absolute atomic E-state index is 0.234. The van der Waals surface area contributed by atoms with Crippen molar-refractivity contribution in [2.75, 3.05) is 6.61 Å². The van der Waals surface area contributed by atoms with Crippen LogP contribution in [0.4, 0.5) is 0 Å². The fourth-order valence-corrected chi connectivity index (χ4v) is 2.50. The molecule has 2 N–H and O–H groups in total. The molecular formula is C12H25NO. The number of hydrogen-bond acceptors (Lipinski definition) is 2. The third-order valence-corrected chi connectivity index (χ3v) is 3.37. The maximum absolute atomic E-state index is 6.11. The highest BCUT2D eigenvalue weighted by Gasteiger charge is 2.27. The molecule has 0 heterocycles. The van der Waals surface area contributed by atoms with Gasteiger partial charge in [0.15, 0.2) is 0 Å². The molecule has 1 rings (SSSR count). The van der Waals surface area contributed by atoms with E-state index in [4.69, 9.17) is 10.5 Å². The third-order valence-electron chi connectivity index (χ3n) is 3.37. The predicted molar refractivity (Wildman–Crippen MR) is 60.3 cm³/mol. The van der Waals surface area contributed by atoms with Gasteiger partial charge in [0.05, 0.1) is 6.10 Å². The zero-order valence-electron chi connectivity index (χ0n) is 9.67. The maximum atomic E-state index is 6.11. The van der Waals surface area contributed by atoms with Gasteiger partial charge in [-0.15, -0.1) is 0 Å². The van der Waals surface area contributed by atoms with Crippen molar-refractivity contribution in [2.24, 2.45) is 11.7 Å². The van der Waals surface area contributed by atoms with E-state index in [9.17, 15) is 0 Å². The second-order valence-corrected chi connectivity index (χ2v) is 4.39. The topological polar surface area (TPSA) is 35.2 Å². The zero-order chi connectivity index (χ0) is 10.4. The van der Waals surface area contributed by atoms with Crippen molar-refractivity contribution in [2.45, 2.75) is 64.5 Å². The predicted octanol–water partition coefficient (Wildman–Crippen LogP) is 2.71. The first-order valence-electron chi connectivity index (χ1n) is 6.16. The van der Waals surface area contributed by atoms with E-state index in [1.54, 1.807) is 0 Å². The van der Waals surface area contributed by atoms with Crippen LogP contribution in [0.5, 0.6) is 0 Å². The molecule has 1 aliphatic rings. The van der Waals surface area contributed by atoms with E-state index in [-0.39, 0.29) is 6.04 Å². The van der Waals surface area contributed by atoms with Gasteiger partial charge >= 0.3 is 0 Å². The first-order valence-corrected chi connectivity index (χ1v) is 6.16. The Labute approximate surface area is 88.2 Å². The van der Waals surface area contributed by atoms with Crippen LogP contribution in [-0.4, -0.2) is 18.8 Å². The molecule has 0 aliphatic heterocycles. The van der Waals surface area contributed by atoms with Crippen LogP contribution in [0.2, 0.25) is 0 Å². The first-order chi connectivity index (χ1) is 6.79. The molecule has 84 valence electrons. The quantitative estimate of drug-likeness (QED) is 0.739. The zero-order valence-corrected chi connectivity index (χ0v) is 9.67. The summed E-state index contributed by atoms with van der Waals surface area (Å²) in [5.74, 6) is 0.721. The van der Waals surface area contributed by atoms with Crippen molar-refractivity contribution >= 4 is 0 Å². The number of nitrogens with two attached hydrogens (primary N) is 1. The fourth-order valence-electron chi connectivity index (χ4n) is 2.50. The minimum atomic E-state index is 0.234. The van der Waals surface area contributed by atoms with Crippen LogP contribution in [0.25, 0.3) is 0 Å². The highest BCUT2D eigenvalue weighted by Crippen LogP contribution is 2.29. The van der Waals surface area contributed by atoms with E-state index >= 15 is 0 Å². The van der Waals surface area contributed by atoms with Crippen LogP contribution < -0.4 is 5.73 Å². The summed E-state index contributed by atoms with van der Waals surface area (Å²) in [6, 6.07) is 0.234. The number of ether oxygens (including phenoxy) is 1. The summed E-state index contributed by atoms with van der Waals surface area (Å²) in [4.78, 5) is 0. The summed E-state index contributed by atoms with van der Waals surface area (Å²) < 4.78 is 5.81. The molecule has 0 radical (unpaired) electrons. The van der Waals surface area contributed by atoms with Crippen LogP contribution in [0.15, 0.2) is 0 Å². The average Bonchev–Trinajstić information content (AvgIpc) is 2.26. The smallest absolute Gasteiger partial charge is 0.0753 e. The first kappa shape index (κ1) is 12.0. The lowest BCUT2D eigenvalue weighted by Crippen LogP contribution is -2.42. The Bertz CT molecular complexity index is 143. The lowest BCUT2D eigenvalue weighted by atomic mass is 9.82. The largest absolute Gasteiger partial charge is 0.377 e. The molecular weight excluding hydrogens is 174 g/mol. The molecule has 0 saturated heterocycles. The second-order valence-electron chi connectivity index (χ2n) is 4.39. The Morgan fingerprint density at radius 3 is 2.36 bits per heavy atom. The summed E-state index contributed by atoms with van der Waals surface area (Å²) >= 11 is 0. The molecule has 2 nitrogen and oxygen atoms in total. The van der Waals surface area contributed by atoms with Gasteiger partial charge in [-0.25, -0.2) is 0 Å². The van der Waals surface area contributed by atoms with Crippen LogP contribution in [0.3, 0.4) is 0 Å². The summed E-state index contributed by atoms with van der Waals surface area (Å²) in [5, 5.41) is 0. The van der Waals surface area contributed by atoms with Gasteiger partial charge in [-0.3, -0.25) is 0 Å². The normalized spacial score (nSPS) is 23.4. The standard InChI is InChI=1S/C12H25NO/c1-3-11(13)12(14-4-2)10-8-6-5-7-9-10/h10-12H,3-9,13H2,1-2H3/t11-,12?/m1/s1. The molecule has 0 aromatic carbocycles. The van der Waals surface area contributed by atoms with Gasteiger partial charge in [0, 0.05) is 12.6 Å². The van der Waals surface area contributed by atoms with Gasteiger partial charge < -0.3 is 10.5 Å². The Morgan fingerprint density at radius 1 is 1.21 bits per heavy atom. The summed E-state index contributed by atoms with van der Waals surface area (Å²) in [6.45, 7) is 5.02. The highest BCUT2D eigenvalue weighted by molar-refractivity contribution is 4.81. The fraction of sp³-hybridized carbons (Fsp3) is 1.00. The lowest BCUT2D eigenvalue weighted by molar-refractivity contribution is -0.00988. The van der Waals surface area contributed by atoms with E-state index in [0.717, 1.165) is 18.9 Å². The molecule has 1 aliphatic carbocycles. The maximum Gasteiger partial charge on any atom is 0.0753 e. The van der Waals surface area contributed by atoms with Gasteiger partial charge in [0.25, 0.3) is 0 Å². The van der Waals surface area contributed by atoms with Gasteiger partial charge in [0.1, 0.15) is 0 Å². The minimum Gasteiger partial charge on any atom is -0.377 e. The molecule has 2 heteroatoms. The molecule has 1 saturated carbocycles. The van der Waals surface area contributed by atoms with Gasteiger partial charge in [-0.1, -0.05) is 26.2 Å². The summed E-state index contributed by atoms with van der Waals surface area (Å²) in [6.07, 6.45) is 8.11. The monoisotopic (exact) mass is 199 g/mol.